The molecule has 0 aromatic heterocycles. The molecule has 3 aliphatic rings. The number of carbonyl (C=O) groups excluding carboxylic acids is 2. The van der Waals surface area contributed by atoms with Gasteiger partial charge in [0.1, 0.15) is 6.07 Å². The first-order chi connectivity index (χ1) is 18.0. The van der Waals surface area contributed by atoms with Crippen LogP contribution < -0.4 is 4.72 Å². The lowest BCUT2D eigenvalue weighted by molar-refractivity contribution is -0.131. The zero-order chi connectivity index (χ0) is 30.7. The molecule has 0 aliphatic heterocycles. The predicted molar refractivity (Wildman–Crippen MR) is 161 cm³/mol. The molecule has 0 radical (unpaired) electrons. The van der Waals surface area contributed by atoms with E-state index in [1.165, 1.54) is 6.26 Å². The zero-order valence-electron chi connectivity index (χ0n) is 26.7. The second-order valence-electron chi connectivity index (χ2n) is 15.8. The molecule has 224 valence electrons. The second-order valence-corrected chi connectivity index (χ2v) is 17.5. The maximum absolute atomic E-state index is 13.2. The first-order valence-corrected chi connectivity index (χ1v) is 16.8. The summed E-state index contributed by atoms with van der Waals surface area (Å²) in [6.45, 7) is 21.0. The van der Waals surface area contributed by atoms with Crippen molar-refractivity contribution >= 4 is 21.6 Å². The number of nitriles is 1. The van der Waals surface area contributed by atoms with Crippen LogP contribution in [0.4, 0.5) is 0 Å². The molecule has 1 N–H and O–H groups in total. The lowest BCUT2D eigenvalue weighted by Gasteiger charge is -2.61. The topological polar surface area (TPSA) is 104 Å². The maximum atomic E-state index is 13.2. The van der Waals surface area contributed by atoms with Gasteiger partial charge >= 0.3 is 0 Å². The molecule has 3 aliphatic carbocycles. The zero-order valence-corrected chi connectivity index (χ0v) is 27.6. The molecular weight excluding hydrogens is 520 g/mol. The minimum Gasteiger partial charge on any atom is -0.295 e. The highest BCUT2D eigenvalue weighted by atomic mass is 32.2. The summed E-state index contributed by atoms with van der Waals surface area (Å²) in [4.78, 5) is 26.0. The van der Waals surface area contributed by atoms with Crippen molar-refractivity contribution in [3.8, 4) is 6.07 Å². The van der Waals surface area contributed by atoms with Crippen molar-refractivity contribution in [3.63, 3.8) is 0 Å². The first-order valence-electron chi connectivity index (χ1n) is 14.9. The Bertz CT molecular complexity index is 1280. The molecule has 0 aromatic carbocycles. The van der Waals surface area contributed by atoms with Crippen LogP contribution in [-0.2, 0) is 19.6 Å². The molecule has 0 amide bonds. The number of hydrogen-bond acceptors (Lipinski definition) is 5. The number of sulfonamides is 1. The minimum atomic E-state index is -3.42. The smallest absolute Gasteiger partial charge is 0.209 e. The standard InChI is InChI=1S/C33H52N2O4S/c1-22-19-28(3,4)14-16-33(22,35-40(11,38)39)17-15-29(5,6)32(10)13-12-25-30(7,8)27(37)24(21-34)20-31(25,9)26(32)18-23(2)36/h18,20,22,25,35H,12-17,19H2,1-11H3/b26-18-/t22?,25-,31-,32+,33-/m0/s1. The molecule has 0 spiro atoms. The van der Waals surface area contributed by atoms with Crippen molar-refractivity contribution in [3.05, 3.63) is 23.3 Å². The highest BCUT2D eigenvalue weighted by molar-refractivity contribution is 7.88. The lowest BCUT2D eigenvalue weighted by atomic mass is 9.42. The van der Waals surface area contributed by atoms with Gasteiger partial charge in [-0.2, -0.15) is 5.26 Å². The van der Waals surface area contributed by atoms with E-state index in [9.17, 15) is 23.3 Å². The van der Waals surface area contributed by atoms with E-state index in [-0.39, 0.29) is 39.8 Å². The highest BCUT2D eigenvalue weighted by Crippen LogP contribution is 2.67. The molecule has 0 bridgehead atoms. The SMILES string of the molecule is CC(=O)/C=C1/[C@@]2(C)C=C(C#N)C(=O)C(C)(C)[C@@H]2CC[C@@]1(C)C(C)(C)CC[C@@]1(NS(C)(=O)=O)CCC(C)(C)CC1C. The highest BCUT2D eigenvalue weighted by Gasteiger charge is 2.61. The van der Waals surface area contributed by atoms with Gasteiger partial charge in [0.25, 0.3) is 0 Å². The fraction of sp³-hybridized carbons (Fsp3) is 0.788. The molecule has 2 saturated carbocycles. The van der Waals surface area contributed by atoms with E-state index in [1.54, 1.807) is 13.0 Å². The van der Waals surface area contributed by atoms with Gasteiger partial charge in [0.2, 0.25) is 10.0 Å². The Morgan fingerprint density at radius 3 is 2.25 bits per heavy atom. The summed E-state index contributed by atoms with van der Waals surface area (Å²) in [5.74, 6) is -0.0105. The predicted octanol–water partition coefficient (Wildman–Crippen LogP) is 6.92. The molecule has 5 atom stereocenters. The van der Waals surface area contributed by atoms with Gasteiger partial charge in [0.15, 0.2) is 11.6 Å². The summed E-state index contributed by atoms with van der Waals surface area (Å²) in [7, 11) is -3.42. The van der Waals surface area contributed by atoms with Gasteiger partial charge < -0.3 is 0 Å². The van der Waals surface area contributed by atoms with Crippen LogP contribution in [0.25, 0.3) is 0 Å². The van der Waals surface area contributed by atoms with Crippen LogP contribution in [-0.4, -0.2) is 31.8 Å². The summed E-state index contributed by atoms with van der Waals surface area (Å²) in [6.07, 6.45) is 10.6. The summed E-state index contributed by atoms with van der Waals surface area (Å²) >= 11 is 0. The van der Waals surface area contributed by atoms with Crippen LogP contribution in [0.1, 0.15) is 114 Å². The molecule has 0 saturated heterocycles. The molecule has 1 unspecified atom stereocenters. The number of ketones is 2. The van der Waals surface area contributed by atoms with E-state index in [4.69, 9.17) is 0 Å². The summed E-state index contributed by atoms with van der Waals surface area (Å²) < 4.78 is 28.3. The molecule has 6 nitrogen and oxygen atoms in total. The first kappa shape index (κ1) is 32.7. The van der Waals surface area contributed by atoms with Crippen molar-refractivity contribution in [2.45, 2.75) is 120 Å². The number of nitrogens with one attached hydrogen (secondary N) is 1. The summed E-state index contributed by atoms with van der Waals surface area (Å²) in [5, 5.41) is 9.89. The summed E-state index contributed by atoms with van der Waals surface area (Å²) in [6, 6.07) is 2.15. The van der Waals surface area contributed by atoms with E-state index in [1.807, 2.05) is 19.9 Å². The van der Waals surface area contributed by atoms with Crippen molar-refractivity contribution in [2.24, 2.45) is 38.9 Å². The van der Waals surface area contributed by atoms with Gasteiger partial charge in [-0.25, -0.2) is 13.1 Å². The molecule has 0 heterocycles. The fourth-order valence-corrected chi connectivity index (χ4v) is 9.95. The fourth-order valence-electron chi connectivity index (χ4n) is 8.80. The lowest BCUT2D eigenvalue weighted by Crippen LogP contribution is -2.58. The normalized spacial score (nSPS) is 36.9. The Morgan fingerprint density at radius 1 is 1.15 bits per heavy atom. The number of carbonyl (C=O) groups is 2. The van der Waals surface area contributed by atoms with Gasteiger partial charge in [0.05, 0.1) is 11.8 Å². The van der Waals surface area contributed by atoms with Crippen LogP contribution in [0.3, 0.4) is 0 Å². The largest absolute Gasteiger partial charge is 0.295 e. The Hall–Kier alpha value is -1.78. The van der Waals surface area contributed by atoms with Crippen molar-refractivity contribution in [2.75, 3.05) is 6.26 Å². The molecule has 0 aromatic rings. The summed E-state index contributed by atoms with van der Waals surface area (Å²) in [5.41, 5.74) is -1.22. The van der Waals surface area contributed by atoms with Crippen LogP contribution in [0.5, 0.6) is 0 Å². The van der Waals surface area contributed by atoms with E-state index >= 15 is 0 Å². The third kappa shape index (κ3) is 5.64. The average Bonchev–Trinajstić information content (AvgIpc) is 2.79. The number of hydrogen-bond donors (Lipinski definition) is 1. The molecule has 3 rings (SSSR count). The minimum absolute atomic E-state index is 0.0297. The quantitative estimate of drug-likeness (QED) is 0.333. The van der Waals surface area contributed by atoms with Gasteiger partial charge in [-0.3, -0.25) is 9.59 Å². The van der Waals surface area contributed by atoms with E-state index in [2.05, 4.69) is 59.3 Å². The van der Waals surface area contributed by atoms with E-state index < -0.39 is 31.8 Å². The Morgan fingerprint density at radius 2 is 1.75 bits per heavy atom. The molecular formula is C33H52N2O4S. The van der Waals surface area contributed by atoms with Crippen molar-refractivity contribution in [1.29, 1.82) is 5.26 Å². The maximum Gasteiger partial charge on any atom is 0.209 e. The number of rotatable bonds is 7. The van der Waals surface area contributed by atoms with Crippen LogP contribution in [0.2, 0.25) is 0 Å². The number of allylic oxidation sites excluding steroid dienone is 4. The van der Waals surface area contributed by atoms with Crippen molar-refractivity contribution < 1.29 is 18.0 Å². The average molecular weight is 573 g/mol. The third-order valence-electron chi connectivity index (χ3n) is 11.6. The van der Waals surface area contributed by atoms with Crippen LogP contribution in [0, 0.1) is 50.2 Å². The van der Waals surface area contributed by atoms with Crippen molar-refractivity contribution in [1.82, 2.24) is 4.72 Å². The Labute approximate surface area is 243 Å². The Kier molecular flexibility index (Phi) is 8.34. The monoisotopic (exact) mass is 572 g/mol. The Balaban J connectivity index is 2.09. The van der Waals surface area contributed by atoms with Crippen LogP contribution >= 0.6 is 0 Å². The van der Waals surface area contributed by atoms with Gasteiger partial charge in [-0.1, -0.05) is 74.0 Å². The van der Waals surface area contributed by atoms with Gasteiger partial charge in [0, 0.05) is 16.4 Å². The number of nitrogens with zero attached hydrogens (tertiary/aromatic N) is 1. The third-order valence-corrected chi connectivity index (χ3v) is 12.4. The number of fused-ring (bicyclic) bond motifs is 1. The van der Waals surface area contributed by atoms with Crippen LogP contribution in [0.15, 0.2) is 23.3 Å². The van der Waals surface area contributed by atoms with Gasteiger partial charge in [-0.05, 0) is 86.0 Å². The van der Waals surface area contributed by atoms with Gasteiger partial charge in [-0.15, -0.1) is 0 Å². The molecule has 2 fully saturated rings. The second kappa shape index (κ2) is 10.2. The van der Waals surface area contributed by atoms with E-state index in [0.29, 0.717) is 6.42 Å². The molecule has 40 heavy (non-hydrogen) atoms. The number of Topliss-reactive ketones (excluding diaryl/α,β-unsaturated/α-hetero) is 1. The molecule has 7 heteroatoms. The van der Waals surface area contributed by atoms with E-state index in [0.717, 1.165) is 44.1 Å².